The highest BCUT2D eigenvalue weighted by Gasteiger charge is 2.44. The maximum Gasteiger partial charge on any atom is 0.127 e. The van der Waals surface area contributed by atoms with Gasteiger partial charge in [0.1, 0.15) is 11.4 Å². The average Bonchev–Trinajstić information content (AvgIpc) is 2.57. The number of rotatable bonds is 1. The molecule has 0 bridgehead atoms. The normalized spacial score (nSPS) is 28.1. The molecule has 4 nitrogen and oxygen atoms in total. The SMILES string of the molecule is Cc1cccc2c1OC1(CCNCC1)CC2N1CCOCC1. The van der Waals surface area contributed by atoms with Gasteiger partial charge >= 0.3 is 0 Å². The molecule has 0 amide bonds. The second-order valence-electron chi connectivity index (χ2n) is 6.90. The van der Waals surface area contributed by atoms with E-state index in [9.17, 15) is 0 Å². The van der Waals surface area contributed by atoms with Gasteiger partial charge in [-0.25, -0.2) is 0 Å². The summed E-state index contributed by atoms with van der Waals surface area (Å²) in [5.41, 5.74) is 2.67. The van der Waals surface area contributed by atoms with Gasteiger partial charge in [-0.05, 0) is 38.4 Å². The van der Waals surface area contributed by atoms with Crippen LogP contribution in [0.25, 0.3) is 0 Å². The highest BCUT2D eigenvalue weighted by molar-refractivity contribution is 5.45. The lowest BCUT2D eigenvalue weighted by Crippen LogP contribution is -2.52. The molecule has 4 rings (SSSR count). The van der Waals surface area contributed by atoms with Crippen molar-refractivity contribution in [2.75, 3.05) is 39.4 Å². The molecule has 0 aliphatic carbocycles. The van der Waals surface area contributed by atoms with Gasteiger partial charge in [-0.1, -0.05) is 18.2 Å². The quantitative estimate of drug-likeness (QED) is 0.863. The molecule has 1 aromatic carbocycles. The van der Waals surface area contributed by atoms with Crippen LogP contribution in [-0.2, 0) is 4.74 Å². The van der Waals surface area contributed by atoms with Gasteiger partial charge in [0.25, 0.3) is 0 Å². The summed E-state index contributed by atoms with van der Waals surface area (Å²) in [6.07, 6.45) is 3.34. The Labute approximate surface area is 132 Å². The first kappa shape index (κ1) is 14.5. The van der Waals surface area contributed by atoms with Crippen molar-refractivity contribution in [1.29, 1.82) is 0 Å². The number of ether oxygens (including phenoxy) is 2. The molecule has 0 saturated carbocycles. The van der Waals surface area contributed by atoms with E-state index in [0.717, 1.165) is 64.4 Å². The summed E-state index contributed by atoms with van der Waals surface area (Å²) in [7, 11) is 0. The lowest BCUT2D eigenvalue weighted by atomic mass is 9.80. The summed E-state index contributed by atoms with van der Waals surface area (Å²) >= 11 is 0. The van der Waals surface area contributed by atoms with E-state index in [1.165, 1.54) is 11.1 Å². The molecule has 3 heterocycles. The number of aryl methyl sites for hydroxylation is 1. The Kier molecular flexibility index (Phi) is 3.84. The number of para-hydroxylation sites is 1. The van der Waals surface area contributed by atoms with Gasteiger partial charge in [0.15, 0.2) is 0 Å². The van der Waals surface area contributed by atoms with Gasteiger partial charge in [-0.2, -0.15) is 0 Å². The summed E-state index contributed by atoms with van der Waals surface area (Å²) in [5, 5.41) is 3.48. The summed E-state index contributed by atoms with van der Waals surface area (Å²) in [4.78, 5) is 2.61. The van der Waals surface area contributed by atoms with Crippen LogP contribution in [0.4, 0.5) is 0 Å². The number of hydrogen-bond donors (Lipinski definition) is 1. The average molecular weight is 302 g/mol. The van der Waals surface area contributed by atoms with Crippen molar-refractivity contribution in [1.82, 2.24) is 10.2 Å². The number of benzene rings is 1. The van der Waals surface area contributed by atoms with Crippen molar-refractivity contribution in [3.8, 4) is 5.75 Å². The van der Waals surface area contributed by atoms with Crippen LogP contribution >= 0.6 is 0 Å². The fourth-order valence-corrected chi connectivity index (χ4v) is 4.20. The lowest BCUT2D eigenvalue weighted by Gasteiger charge is -2.48. The van der Waals surface area contributed by atoms with E-state index in [2.05, 4.69) is 35.3 Å². The molecule has 3 aliphatic heterocycles. The zero-order valence-corrected chi connectivity index (χ0v) is 13.4. The number of morpholine rings is 1. The van der Waals surface area contributed by atoms with Gasteiger partial charge in [0, 0.05) is 31.1 Å². The molecular weight excluding hydrogens is 276 g/mol. The molecule has 1 aromatic rings. The monoisotopic (exact) mass is 302 g/mol. The molecule has 2 fully saturated rings. The minimum Gasteiger partial charge on any atom is -0.486 e. The van der Waals surface area contributed by atoms with Crippen LogP contribution in [0.5, 0.6) is 5.75 Å². The second-order valence-corrected chi connectivity index (χ2v) is 6.90. The molecule has 4 heteroatoms. The smallest absolute Gasteiger partial charge is 0.127 e. The minimum atomic E-state index is 0.0212. The third-order valence-electron chi connectivity index (χ3n) is 5.49. The van der Waals surface area contributed by atoms with Gasteiger partial charge in [0.2, 0.25) is 0 Å². The molecule has 2 saturated heterocycles. The minimum absolute atomic E-state index is 0.0212. The van der Waals surface area contributed by atoms with Crippen molar-refractivity contribution in [3.63, 3.8) is 0 Å². The summed E-state index contributed by atoms with van der Waals surface area (Å²) in [5.74, 6) is 1.15. The summed E-state index contributed by atoms with van der Waals surface area (Å²) in [6, 6.07) is 7.09. The van der Waals surface area contributed by atoms with Gasteiger partial charge < -0.3 is 14.8 Å². The highest BCUT2D eigenvalue weighted by atomic mass is 16.5. The zero-order valence-electron chi connectivity index (χ0n) is 13.4. The van der Waals surface area contributed by atoms with E-state index in [1.807, 2.05) is 0 Å². The van der Waals surface area contributed by atoms with E-state index in [0.29, 0.717) is 6.04 Å². The first-order chi connectivity index (χ1) is 10.8. The highest BCUT2D eigenvalue weighted by Crippen LogP contribution is 2.47. The Morgan fingerprint density at radius 1 is 1.18 bits per heavy atom. The predicted octanol–water partition coefficient (Wildman–Crippen LogP) is 2.27. The van der Waals surface area contributed by atoms with Crippen LogP contribution in [-0.4, -0.2) is 49.9 Å². The molecule has 1 N–H and O–H groups in total. The van der Waals surface area contributed by atoms with Crippen LogP contribution in [0, 0.1) is 6.92 Å². The van der Waals surface area contributed by atoms with Crippen LogP contribution in [0.3, 0.4) is 0 Å². The van der Waals surface area contributed by atoms with Crippen LogP contribution < -0.4 is 10.1 Å². The Hall–Kier alpha value is -1.10. The summed E-state index contributed by atoms with van der Waals surface area (Å²) < 4.78 is 12.2. The number of piperidine rings is 1. The fraction of sp³-hybridized carbons (Fsp3) is 0.667. The zero-order chi connectivity index (χ0) is 15.0. The second kappa shape index (κ2) is 5.84. The standard InChI is InChI=1S/C18H26N2O2/c1-14-3-2-4-15-16(20-9-11-21-12-10-20)13-18(22-17(14)15)5-7-19-8-6-18/h2-4,16,19H,5-13H2,1H3. The first-order valence-electron chi connectivity index (χ1n) is 8.58. The Morgan fingerprint density at radius 2 is 1.95 bits per heavy atom. The molecule has 1 atom stereocenters. The molecule has 120 valence electrons. The van der Waals surface area contributed by atoms with E-state index in [-0.39, 0.29) is 5.60 Å². The van der Waals surface area contributed by atoms with Gasteiger partial charge in [-0.3, -0.25) is 4.90 Å². The molecule has 0 radical (unpaired) electrons. The van der Waals surface area contributed by atoms with Crippen LogP contribution in [0.1, 0.15) is 36.4 Å². The van der Waals surface area contributed by atoms with Crippen molar-refractivity contribution < 1.29 is 9.47 Å². The number of nitrogens with zero attached hydrogens (tertiary/aromatic N) is 1. The molecular formula is C18H26N2O2. The molecule has 22 heavy (non-hydrogen) atoms. The van der Waals surface area contributed by atoms with Crippen LogP contribution in [0.15, 0.2) is 18.2 Å². The maximum absolute atomic E-state index is 6.61. The Balaban J connectivity index is 1.71. The van der Waals surface area contributed by atoms with Gasteiger partial charge in [-0.15, -0.1) is 0 Å². The topological polar surface area (TPSA) is 33.7 Å². The molecule has 1 unspecified atom stereocenters. The Bertz CT molecular complexity index is 534. The predicted molar refractivity (Wildman–Crippen MR) is 86.4 cm³/mol. The number of nitrogens with one attached hydrogen (secondary N) is 1. The van der Waals surface area contributed by atoms with Crippen LogP contribution in [0.2, 0.25) is 0 Å². The number of fused-ring (bicyclic) bond motifs is 1. The summed E-state index contributed by atoms with van der Waals surface area (Å²) in [6.45, 7) is 8.09. The molecule has 0 aromatic heterocycles. The van der Waals surface area contributed by atoms with E-state index >= 15 is 0 Å². The van der Waals surface area contributed by atoms with E-state index in [1.54, 1.807) is 0 Å². The number of hydrogen-bond acceptors (Lipinski definition) is 4. The largest absolute Gasteiger partial charge is 0.486 e. The van der Waals surface area contributed by atoms with Crippen molar-refractivity contribution in [2.45, 2.75) is 37.8 Å². The molecule has 3 aliphatic rings. The first-order valence-corrected chi connectivity index (χ1v) is 8.58. The lowest BCUT2D eigenvalue weighted by molar-refractivity contribution is -0.0453. The fourth-order valence-electron chi connectivity index (χ4n) is 4.20. The third kappa shape index (κ3) is 2.53. The van der Waals surface area contributed by atoms with E-state index < -0.39 is 0 Å². The van der Waals surface area contributed by atoms with Crippen molar-refractivity contribution in [3.05, 3.63) is 29.3 Å². The van der Waals surface area contributed by atoms with Crippen molar-refractivity contribution in [2.24, 2.45) is 0 Å². The van der Waals surface area contributed by atoms with Crippen molar-refractivity contribution >= 4 is 0 Å². The maximum atomic E-state index is 6.61. The Morgan fingerprint density at radius 3 is 2.73 bits per heavy atom. The van der Waals surface area contributed by atoms with E-state index in [4.69, 9.17) is 9.47 Å². The third-order valence-corrected chi connectivity index (χ3v) is 5.49. The van der Waals surface area contributed by atoms with Gasteiger partial charge in [0.05, 0.1) is 13.2 Å². The molecule has 1 spiro atoms.